The monoisotopic (exact) mass is 451 g/mol. The van der Waals surface area contributed by atoms with Crippen molar-refractivity contribution < 1.29 is 24.1 Å². The molecule has 1 heterocycles. The molecule has 6 nitrogen and oxygen atoms in total. The zero-order chi connectivity index (χ0) is 23.0. The molecule has 0 bridgehead atoms. The Labute approximate surface area is 195 Å². The second-order valence-electron chi connectivity index (χ2n) is 8.79. The Balaban J connectivity index is 1.47. The van der Waals surface area contributed by atoms with Crippen LogP contribution >= 0.6 is 0 Å². The van der Waals surface area contributed by atoms with Crippen molar-refractivity contribution in [3.05, 3.63) is 77.1 Å². The Hall–Kier alpha value is -2.83. The molecule has 0 aromatic heterocycles. The van der Waals surface area contributed by atoms with Crippen LogP contribution in [0.15, 0.2) is 60.4 Å². The number of hydrogen-bond acceptors (Lipinski definition) is 5. The number of nitrogens with one attached hydrogen (secondary N) is 1. The van der Waals surface area contributed by atoms with Gasteiger partial charge in [-0.2, -0.15) is 0 Å². The normalized spacial score (nSPS) is 21.1. The molecule has 0 spiro atoms. The Morgan fingerprint density at radius 3 is 2.39 bits per heavy atom. The summed E-state index contributed by atoms with van der Waals surface area (Å²) in [6, 6.07) is 15.7. The minimum atomic E-state index is -0.535. The lowest BCUT2D eigenvalue weighted by Gasteiger charge is -2.30. The lowest BCUT2D eigenvalue weighted by Crippen LogP contribution is -2.39. The van der Waals surface area contributed by atoms with Crippen LogP contribution in [0.1, 0.15) is 61.1 Å². The fourth-order valence-electron chi connectivity index (χ4n) is 4.44. The minimum Gasteiger partial charge on any atom is -0.497 e. The molecule has 2 atom stereocenters. The van der Waals surface area contributed by atoms with Crippen molar-refractivity contribution in [2.75, 3.05) is 7.11 Å². The van der Waals surface area contributed by atoms with Crippen molar-refractivity contribution in [2.45, 2.75) is 70.0 Å². The van der Waals surface area contributed by atoms with Crippen LogP contribution in [0.3, 0.4) is 0 Å². The van der Waals surface area contributed by atoms with Crippen LogP contribution < -0.4 is 10.1 Å². The van der Waals surface area contributed by atoms with Crippen molar-refractivity contribution in [3.63, 3.8) is 0 Å². The van der Waals surface area contributed by atoms with Gasteiger partial charge in [-0.25, -0.2) is 0 Å². The van der Waals surface area contributed by atoms with Crippen molar-refractivity contribution in [3.8, 4) is 5.75 Å². The number of carbonyl (C=O) groups is 1. The maximum Gasteiger partial charge on any atom is 0.286 e. The molecule has 1 amide bonds. The van der Waals surface area contributed by atoms with Gasteiger partial charge in [0.1, 0.15) is 5.75 Å². The standard InChI is InChI=1S/C27H33NO5/c1-31-24-13-11-21(12-14-24)22-15-25(27(30)28-23-5-3-2-4-6-23)33-26(16-22)32-18-20-9-7-19(17-29)8-10-20/h7-15,22-23,26,29H,2-6,16-18H2,1H3,(H,28,30)/t22-,26+/m0/s1. The van der Waals surface area contributed by atoms with Crippen LogP contribution in [-0.4, -0.2) is 30.5 Å². The second-order valence-corrected chi connectivity index (χ2v) is 8.79. The van der Waals surface area contributed by atoms with Crippen LogP contribution in [0.25, 0.3) is 0 Å². The van der Waals surface area contributed by atoms with Crippen LogP contribution in [-0.2, 0) is 27.5 Å². The van der Waals surface area contributed by atoms with Gasteiger partial charge in [-0.1, -0.05) is 55.7 Å². The van der Waals surface area contributed by atoms with Crippen LogP contribution in [0, 0.1) is 0 Å². The van der Waals surface area contributed by atoms with E-state index in [1.54, 1.807) is 7.11 Å². The number of carbonyl (C=O) groups excluding carboxylic acids is 1. The summed E-state index contributed by atoms with van der Waals surface area (Å²) in [6.07, 6.45) is 7.57. The van der Waals surface area contributed by atoms with Crippen LogP contribution in [0.4, 0.5) is 0 Å². The SMILES string of the molecule is COc1ccc([C@H]2C=C(C(=O)NC3CCCCC3)O[C@@H](OCc3ccc(CO)cc3)C2)cc1. The fourth-order valence-corrected chi connectivity index (χ4v) is 4.44. The third-order valence-corrected chi connectivity index (χ3v) is 6.41. The number of rotatable bonds is 8. The first-order chi connectivity index (χ1) is 16.1. The van der Waals surface area contributed by atoms with Gasteiger partial charge in [0.25, 0.3) is 5.91 Å². The molecule has 2 N–H and O–H groups in total. The number of amides is 1. The smallest absolute Gasteiger partial charge is 0.286 e. The number of benzene rings is 2. The van der Waals surface area contributed by atoms with Gasteiger partial charge in [0.05, 0.1) is 20.3 Å². The molecule has 176 valence electrons. The molecule has 2 aromatic rings. The lowest BCUT2D eigenvalue weighted by atomic mass is 9.92. The van der Waals surface area contributed by atoms with E-state index in [1.165, 1.54) is 6.42 Å². The Morgan fingerprint density at radius 2 is 1.73 bits per heavy atom. The average Bonchev–Trinajstić information content (AvgIpc) is 2.88. The summed E-state index contributed by atoms with van der Waals surface area (Å²) in [5.74, 6) is 0.956. The topological polar surface area (TPSA) is 77.0 Å². The van der Waals surface area contributed by atoms with Gasteiger partial charge < -0.3 is 24.6 Å². The van der Waals surface area contributed by atoms with Crippen molar-refractivity contribution in [1.82, 2.24) is 5.32 Å². The summed E-state index contributed by atoms with van der Waals surface area (Å²) in [6.45, 7) is 0.379. The number of allylic oxidation sites excluding steroid dienone is 1. The van der Waals surface area contributed by atoms with Crippen molar-refractivity contribution in [2.24, 2.45) is 0 Å². The van der Waals surface area contributed by atoms with Gasteiger partial charge in [-0.05, 0) is 47.7 Å². The second kappa shape index (κ2) is 11.3. The third-order valence-electron chi connectivity index (χ3n) is 6.41. The van der Waals surface area contributed by atoms with Gasteiger partial charge in [0.2, 0.25) is 6.29 Å². The van der Waals surface area contributed by atoms with Crippen LogP contribution in [0.5, 0.6) is 5.75 Å². The maximum atomic E-state index is 13.0. The summed E-state index contributed by atoms with van der Waals surface area (Å²) >= 11 is 0. The molecule has 1 aliphatic heterocycles. The average molecular weight is 452 g/mol. The maximum absolute atomic E-state index is 13.0. The molecule has 33 heavy (non-hydrogen) atoms. The molecule has 0 unspecified atom stereocenters. The first-order valence-corrected chi connectivity index (χ1v) is 11.8. The zero-order valence-corrected chi connectivity index (χ0v) is 19.2. The van der Waals surface area contributed by atoms with Crippen molar-refractivity contribution >= 4 is 5.91 Å². The van der Waals surface area contributed by atoms with Crippen LogP contribution in [0.2, 0.25) is 0 Å². The van der Waals surface area contributed by atoms with Gasteiger partial charge in [0.15, 0.2) is 5.76 Å². The highest BCUT2D eigenvalue weighted by Crippen LogP contribution is 2.33. The largest absolute Gasteiger partial charge is 0.497 e. The quantitative estimate of drug-likeness (QED) is 0.615. The van der Waals surface area contributed by atoms with Crippen molar-refractivity contribution in [1.29, 1.82) is 0 Å². The van der Waals surface area contributed by atoms with E-state index in [0.29, 0.717) is 18.8 Å². The summed E-state index contributed by atoms with van der Waals surface area (Å²) in [5.41, 5.74) is 2.93. The zero-order valence-electron chi connectivity index (χ0n) is 19.2. The van der Waals surface area contributed by atoms with E-state index in [0.717, 1.165) is 48.1 Å². The number of aliphatic hydroxyl groups is 1. The van der Waals surface area contributed by atoms with E-state index in [4.69, 9.17) is 14.2 Å². The molecule has 6 heteroatoms. The van der Waals surface area contributed by atoms with E-state index in [2.05, 4.69) is 5.32 Å². The lowest BCUT2D eigenvalue weighted by molar-refractivity contribution is -0.150. The molecule has 2 aromatic carbocycles. The Kier molecular flexibility index (Phi) is 8.02. The number of methoxy groups -OCH3 is 1. The molecule has 1 aliphatic carbocycles. The van der Waals surface area contributed by atoms with Gasteiger partial charge in [-0.3, -0.25) is 4.79 Å². The first-order valence-electron chi connectivity index (χ1n) is 11.8. The van der Waals surface area contributed by atoms with E-state index >= 15 is 0 Å². The molecule has 1 saturated carbocycles. The summed E-state index contributed by atoms with van der Waals surface area (Å²) in [7, 11) is 1.65. The number of ether oxygens (including phenoxy) is 3. The Bertz CT molecular complexity index is 932. The van der Waals surface area contributed by atoms with Gasteiger partial charge in [-0.15, -0.1) is 0 Å². The van der Waals surface area contributed by atoms with Gasteiger partial charge in [0, 0.05) is 18.4 Å². The fraction of sp³-hybridized carbons (Fsp3) is 0.444. The minimum absolute atomic E-state index is 0.00136. The van der Waals surface area contributed by atoms with E-state index in [1.807, 2.05) is 54.6 Å². The number of hydrogen-bond donors (Lipinski definition) is 2. The Morgan fingerprint density at radius 1 is 1.03 bits per heavy atom. The molecule has 4 rings (SSSR count). The van der Waals surface area contributed by atoms with E-state index in [9.17, 15) is 9.90 Å². The summed E-state index contributed by atoms with van der Waals surface area (Å²) < 4.78 is 17.4. The molecule has 0 saturated heterocycles. The highest BCUT2D eigenvalue weighted by atomic mass is 16.7. The molecule has 1 fully saturated rings. The third kappa shape index (κ3) is 6.36. The molecule has 2 aliphatic rings. The molecular formula is C27H33NO5. The predicted octanol–water partition coefficient (Wildman–Crippen LogP) is 4.57. The summed E-state index contributed by atoms with van der Waals surface area (Å²) in [4.78, 5) is 13.0. The predicted molar refractivity (Wildman–Crippen MR) is 125 cm³/mol. The van der Waals surface area contributed by atoms with E-state index in [-0.39, 0.29) is 24.5 Å². The van der Waals surface area contributed by atoms with Gasteiger partial charge >= 0.3 is 0 Å². The first kappa shape index (κ1) is 23.3. The highest BCUT2D eigenvalue weighted by molar-refractivity contribution is 5.92. The number of aliphatic hydroxyl groups excluding tert-OH is 1. The van der Waals surface area contributed by atoms with E-state index < -0.39 is 6.29 Å². The highest BCUT2D eigenvalue weighted by Gasteiger charge is 2.30. The summed E-state index contributed by atoms with van der Waals surface area (Å²) in [5, 5.41) is 12.4. The molecular weight excluding hydrogens is 418 g/mol. The molecule has 0 radical (unpaired) electrons.